The van der Waals surface area contributed by atoms with E-state index >= 15 is 0 Å². The molecule has 0 atom stereocenters. The van der Waals surface area contributed by atoms with Crippen molar-refractivity contribution in [3.05, 3.63) is 59.8 Å². The van der Waals surface area contributed by atoms with Gasteiger partial charge in [-0.2, -0.15) is 0 Å². The molecule has 0 saturated carbocycles. The molecule has 5 heteroatoms. The quantitative estimate of drug-likeness (QED) is 0.728. The first kappa shape index (κ1) is 14.1. The first-order chi connectivity index (χ1) is 10.5. The van der Waals surface area contributed by atoms with Gasteiger partial charge in [0.05, 0.1) is 16.8 Å². The van der Waals surface area contributed by atoms with E-state index in [0.717, 1.165) is 6.07 Å². The first-order valence-electron chi connectivity index (χ1n) is 6.61. The molecule has 0 unspecified atom stereocenters. The zero-order valence-electron chi connectivity index (χ0n) is 11.7. The van der Waals surface area contributed by atoms with Gasteiger partial charge < -0.3 is 5.73 Å². The summed E-state index contributed by atoms with van der Waals surface area (Å²) in [6.45, 7) is 1.41. The maximum absolute atomic E-state index is 13.4. The molecule has 3 aromatic rings. The Balaban J connectivity index is 2.24. The van der Waals surface area contributed by atoms with E-state index in [4.69, 9.17) is 5.73 Å². The van der Waals surface area contributed by atoms with E-state index in [2.05, 4.69) is 4.98 Å². The molecule has 0 spiro atoms. The van der Waals surface area contributed by atoms with Gasteiger partial charge in [0.25, 0.3) is 0 Å². The van der Waals surface area contributed by atoms with Crippen molar-refractivity contribution in [1.82, 2.24) is 4.98 Å². The molecule has 110 valence electrons. The van der Waals surface area contributed by atoms with Gasteiger partial charge in [-0.1, -0.05) is 6.07 Å². The number of nitrogen functional groups attached to an aromatic ring is 1. The van der Waals surface area contributed by atoms with Crippen molar-refractivity contribution in [1.29, 1.82) is 0 Å². The molecule has 0 aliphatic heterocycles. The minimum absolute atomic E-state index is 0.186. The smallest absolute Gasteiger partial charge is 0.163 e. The van der Waals surface area contributed by atoms with Gasteiger partial charge in [0.1, 0.15) is 11.6 Å². The summed E-state index contributed by atoms with van der Waals surface area (Å²) in [4.78, 5) is 15.7. The molecule has 0 radical (unpaired) electrons. The maximum Gasteiger partial charge on any atom is 0.163 e. The van der Waals surface area contributed by atoms with Crippen LogP contribution in [-0.2, 0) is 0 Å². The monoisotopic (exact) mass is 298 g/mol. The van der Waals surface area contributed by atoms with Gasteiger partial charge in [-0.15, -0.1) is 0 Å². The lowest BCUT2D eigenvalue weighted by atomic mass is 10.0. The zero-order valence-corrected chi connectivity index (χ0v) is 11.7. The van der Waals surface area contributed by atoms with Crippen LogP contribution in [-0.4, -0.2) is 10.8 Å². The molecule has 3 rings (SSSR count). The van der Waals surface area contributed by atoms with Crippen LogP contribution in [0.2, 0.25) is 0 Å². The van der Waals surface area contributed by atoms with E-state index in [1.165, 1.54) is 25.3 Å². The normalized spacial score (nSPS) is 10.9. The van der Waals surface area contributed by atoms with E-state index in [9.17, 15) is 13.6 Å². The van der Waals surface area contributed by atoms with Crippen LogP contribution in [0.4, 0.5) is 14.5 Å². The number of fused-ring (bicyclic) bond motifs is 1. The highest BCUT2D eigenvalue weighted by Gasteiger charge is 2.11. The standard InChI is InChI=1S/C17H12F2N2O/c1-9(22)15-8-21-16-3-2-10(6-14(16)17(15)20)11-4-12(18)7-13(19)5-11/h2-8H,1H3,(H2,20,21). The summed E-state index contributed by atoms with van der Waals surface area (Å²) in [7, 11) is 0. The third-order valence-corrected chi connectivity index (χ3v) is 3.48. The molecule has 2 aromatic carbocycles. The minimum atomic E-state index is -0.654. The number of hydrogen-bond donors (Lipinski definition) is 1. The number of benzene rings is 2. The van der Waals surface area contributed by atoms with Crippen molar-refractivity contribution in [3.63, 3.8) is 0 Å². The Morgan fingerprint density at radius 3 is 2.36 bits per heavy atom. The predicted octanol–water partition coefficient (Wildman–Crippen LogP) is 3.96. The lowest BCUT2D eigenvalue weighted by Gasteiger charge is -2.09. The maximum atomic E-state index is 13.4. The molecule has 1 heterocycles. The van der Waals surface area contributed by atoms with E-state index in [1.807, 2.05) is 0 Å². The Morgan fingerprint density at radius 2 is 1.73 bits per heavy atom. The lowest BCUT2D eigenvalue weighted by molar-refractivity contribution is 0.101. The summed E-state index contributed by atoms with van der Waals surface area (Å²) >= 11 is 0. The fourth-order valence-corrected chi connectivity index (χ4v) is 2.39. The molecule has 0 aliphatic rings. The van der Waals surface area contributed by atoms with Crippen molar-refractivity contribution < 1.29 is 13.6 Å². The number of hydrogen-bond acceptors (Lipinski definition) is 3. The largest absolute Gasteiger partial charge is 0.398 e. The van der Waals surface area contributed by atoms with Gasteiger partial charge in [-0.3, -0.25) is 9.78 Å². The zero-order chi connectivity index (χ0) is 15.9. The fraction of sp³-hybridized carbons (Fsp3) is 0.0588. The van der Waals surface area contributed by atoms with Crippen LogP contribution in [0.5, 0.6) is 0 Å². The first-order valence-corrected chi connectivity index (χ1v) is 6.61. The summed E-state index contributed by atoms with van der Waals surface area (Å²) in [5.74, 6) is -1.49. The molecule has 0 fully saturated rings. The van der Waals surface area contributed by atoms with Crippen molar-refractivity contribution in [2.45, 2.75) is 6.92 Å². The fourth-order valence-electron chi connectivity index (χ4n) is 2.39. The lowest BCUT2D eigenvalue weighted by Crippen LogP contribution is -2.01. The van der Waals surface area contributed by atoms with E-state index < -0.39 is 11.6 Å². The minimum Gasteiger partial charge on any atom is -0.398 e. The van der Waals surface area contributed by atoms with E-state index in [-0.39, 0.29) is 5.78 Å². The van der Waals surface area contributed by atoms with Crippen LogP contribution < -0.4 is 5.73 Å². The third kappa shape index (κ3) is 2.41. The highest BCUT2D eigenvalue weighted by atomic mass is 19.1. The summed E-state index contributed by atoms with van der Waals surface area (Å²) in [5.41, 5.74) is 8.27. The number of nitrogens with two attached hydrogens (primary N) is 1. The number of rotatable bonds is 2. The summed E-state index contributed by atoms with van der Waals surface area (Å²) in [6, 6.07) is 8.38. The molecular weight excluding hydrogens is 286 g/mol. The number of Topliss-reactive ketones (excluding diaryl/α,β-unsaturated/α-hetero) is 1. The van der Waals surface area contributed by atoms with Crippen molar-refractivity contribution >= 4 is 22.4 Å². The molecule has 0 saturated heterocycles. The van der Waals surface area contributed by atoms with Crippen LogP contribution in [0.25, 0.3) is 22.0 Å². The van der Waals surface area contributed by atoms with Gasteiger partial charge in [-0.05, 0) is 42.3 Å². The number of nitrogens with zero attached hydrogens (tertiary/aromatic N) is 1. The second-order valence-corrected chi connectivity index (χ2v) is 5.03. The Hall–Kier alpha value is -2.82. The van der Waals surface area contributed by atoms with Crippen LogP contribution in [0.1, 0.15) is 17.3 Å². The van der Waals surface area contributed by atoms with Crippen molar-refractivity contribution in [2.24, 2.45) is 0 Å². The summed E-state index contributed by atoms with van der Waals surface area (Å²) < 4.78 is 26.7. The van der Waals surface area contributed by atoms with Crippen LogP contribution in [0, 0.1) is 11.6 Å². The number of pyridine rings is 1. The molecule has 3 nitrogen and oxygen atoms in total. The van der Waals surface area contributed by atoms with Gasteiger partial charge >= 0.3 is 0 Å². The van der Waals surface area contributed by atoms with Crippen molar-refractivity contribution in [3.8, 4) is 11.1 Å². The van der Waals surface area contributed by atoms with Crippen LogP contribution in [0.15, 0.2) is 42.6 Å². The molecule has 0 amide bonds. The van der Waals surface area contributed by atoms with E-state index in [1.54, 1.807) is 18.2 Å². The Bertz CT molecular complexity index is 886. The number of carbonyl (C=O) groups is 1. The summed E-state index contributed by atoms with van der Waals surface area (Å²) in [5, 5.41) is 0.579. The molecule has 0 aliphatic carbocycles. The average Bonchev–Trinajstić information content (AvgIpc) is 2.46. The SMILES string of the molecule is CC(=O)c1cnc2ccc(-c3cc(F)cc(F)c3)cc2c1N. The van der Waals surface area contributed by atoms with Crippen LogP contribution >= 0.6 is 0 Å². The Morgan fingerprint density at radius 1 is 1.05 bits per heavy atom. The third-order valence-electron chi connectivity index (χ3n) is 3.48. The van der Waals surface area contributed by atoms with Crippen LogP contribution in [0.3, 0.4) is 0 Å². The molecule has 0 bridgehead atoms. The average molecular weight is 298 g/mol. The predicted molar refractivity (Wildman–Crippen MR) is 81.5 cm³/mol. The number of aromatic nitrogens is 1. The Kier molecular flexibility index (Phi) is 3.33. The van der Waals surface area contributed by atoms with Gasteiger partial charge in [0, 0.05) is 17.6 Å². The second kappa shape index (κ2) is 5.18. The number of ketones is 1. The molecule has 2 N–H and O–H groups in total. The topological polar surface area (TPSA) is 56.0 Å². The summed E-state index contributed by atoms with van der Waals surface area (Å²) in [6.07, 6.45) is 1.43. The molecule has 22 heavy (non-hydrogen) atoms. The van der Waals surface area contributed by atoms with Gasteiger partial charge in [-0.25, -0.2) is 8.78 Å². The molecular formula is C17H12F2N2O. The number of halogens is 2. The Labute approximate surface area is 125 Å². The highest BCUT2D eigenvalue weighted by Crippen LogP contribution is 2.29. The van der Waals surface area contributed by atoms with Gasteiger partial charge in [0.2, 0.25) is 0 Å². The number of carbonyl (C=O) groups excluding carboxylic acids is 1. The number of anilines is 1. The van der Waals surface area contributed by atoms with E-state index in [0.29, 0.717) is 33.3 Å². The van der Waals surface area contributed by atoms with Gasteiger partial charge in [0.15, 0.2) is 5.78 Å². The highest BCUT2D eigenvalue weighted by molar-refractivity contribution is 6.06. The molecule has 1 aromatic heterocycles. The second-order valence-electron chi connectivity index (χ2n) is 5.03. The van der Waals surface area contributed by atoms with Crippen molar-refractivity contribution in [2.75, 3.05) is 5.73 Å².